The summed E-state index contributed by atoms with van der Waals surface area (Å²) in [5.74, 6) is 1.06. The van der Waals surface area contributed by atoms with E-state index < -0.39 is 0 Å². The van der Waals surface area contributed by atoms with E-state index in [0.717, 1.165) is 39.8 Å². The lowest BCUT2D eigenvalue weighted by atomic mass is 10.1. The number of carbonyl (C=O) groups is 1. The van der Waals surface area contributed by atoms with Crippen molar-refractivity contribution in [3.05, 3.63) is 64.8 Å². The number of carbonyl (C=O) groups excluding carboxylic acids is 1. The van der Waals surface area contributed by atoms with Crippen molar-refractivity contribution in [3.63, 3.8) is 0 Å². The molecule has 162 valence electrons. The number of fused-ring (bicyclic) bond motifs is 1. The Balaban J connectivity index is 1.72. The summed E-state index contributed by atoms with van der Waals surface area (Å²) < 4.78 is 5.15. The Kier molecular flexibility index (Phi) is 5.65. The van der Waals surface area contributed by atoms with Crippen LogP contribution in [0.1, 0.15) is 19.4 Å². The highest BCUT2D eigenvalue weighted by Crippen LogP contribution is 2.35. The lowest BCUT2D eigenvalue weighted by Crippen LogP contribution is -2.20. The van der Waals surface area contributed by atoms with Crippen LogP contribution in [-0.2, 0) is 17.8 Å². The van der Waals surface area contributed by atoms with Crippen LogP contribution < -0.4 is 5.32 Å². The molecular weight excluding hydrogens is 486 g/mol. The third-order valence-corrected chi connectivity index (χ3v) is 6.92. The van der Waals surface area contributed by atoms with Gasteiger partial charge in [-0.1, -0.05) is 52.8 Å². The van der Waals surface area contributed by atoms with Crippen molar-refractivity contribution < 1.29 is 4.79 Å². The number of halogens is 1. The fourth-order valence-corrected chi connectivity index (χ4v) is 5.05. The van der Waals surface area contributed by atoms with Crippen LogP contribution in [0.3, 0.4) is 0 Å². The van der Waals surface area contributed by atoms with Gasteiger partial charge in [-0.3, -0.25) is 4.79 Å². The second kappa shape index (κ2) is 8.60. The Morgan fingerprint density at radius 3 is 2.78 bits per heavy atom. The monoisotopic (exact) mass is 507 g/mol. The number of aromatic nitrogens is 3. The average Bonchev–Trinajstić information content (AvgIpc) is 3.50. The highest BCUT2D eigenvalue weighted by atomic mass is 79.9. The van der Waals surface area contributed by atoms with Crippen LogP contribution in [-0.4, -0.2) is 31.2 Å². The zero-order valence-electron chi connectivity index (χ0n) is 17.8. The summed E-state index contributed by atoms with van der Waals surface area (Å²) >= 11 is 5.02. The molecule has 6 nitrogen and oxygen atoms in total. The van der Waals surface area contributed by atoms with Crippen LogP contribution in [0.15, 0.2) is 64.2 Å². The fraction of sp³-hybridized carbons (Fsp3) is 0.208. The molecule has 2 aromatic heterocycles. The van der Waals surface area contributed by atoms with E-state index in [9.17, 15) is 4.79 Å². The van der Waals surface area contributed by atoms with E-state index in [0.29, 0.717) is 16.7 Å². The Morgan fingerprint density at radius 1 is 1.19 bits per heavy atom. The van der Waals surface area contributed by atoms with Crippen LogP contribution in [0.5, 0.6) is 0 Å². The molecule has 1 fully saturated rings. The molecule has 4 aromatic rings. The van der Waals surface area contributed by atoms with E-state index in [4.69, 9.17) is 10.1 Å². The molecule has 1 N–H and O–H groups in total. The normalized spacial score (nSPS) is 15.1. The minimum Gasteiger partial charge on any atom is -0.347 e. The maximum Gasteiger partial charge on any atom is 0.236 e. The molecule has 5 rings (SSSR count). The second-order valence-corrected chi connectivity index (χ2v) is 9.41. The molecule has 0 saturated carbocycles. The summed E-state index contributed by atoms with van der Waals surface area (Å²) in [5.41, 5.74) is 5.25. The van der Waals surface area contributed by atoms with Gasteiger partial charge in [0.25, 0.3) is 0 Å². The predicted molar refractivity (Wildman–Crippen MR) is 135 cm³/mol. The number of benzene rings is 2. The zero-order valence-corrected chi connectivity index (χ0v) is 20.2. The van der Waals surface area contributed by atoms with Gasteiger partial charge in [-0.05, 0) is 43.2 Å². The summed E-state index contributed by atoms with van der Waals surface area (Å²) in [4.78, 5) is 16.5. The number of amidine groups is 1. The molecule has 0 unspecified atom stereocenters. The van der Waals surface area contributed by atoms with Crippen molar-refractivity contribution in [1.82, 2.24) is 19.7 Å². The molecule has 3 heterocycles. The van der Waals surface area contributed by atoms with Gasteiger partial charge >= 0.3 is 0 Å². The van der Waals surface area contributed by atoms with Crippen molar-refractivity contribution in [2.45, 2.75) is 26.8 Å². The molecule has 0 radical (unpaired) electrons. The lowest BCUT2D eigenvalue weighted by molar-refractivity contribution is -0.116. The van der Waals surface area contributed by atoms with E-state index >= 15 is 0 Å². The summed E-state index contributed by atoms with van der Waals surface area (Å²) in [6.07, 6.45) is 3.04. The predicted octanol–water partition coefficient (Wildman–Crippen LogP) is 5.69. The Hall–Kier alpha value is -2.84. The first kappa shape index (κ1) is 21.0. The van der Waals surface area contributed by atoms with Gasteiger partial charge in [-0.25, -0.2) is 9.67 Å². The van der Waals surface area contributed by atoms with E-state index in [-0.39, 0.29) is 5.91 Å². The van der Waals surface area contributed by atoms with Gasteiger partial charge in [-0.15, -0.1) is 0 Å². The molecular formula is C24H22BrN5OS. The summed E-state index contributed by atoms with van der Waals surface area (Å²) in [5, 5.41) is 9.58. The number of amides is 1. The van der Waals surface area contributed by atoms with E-state index in [1.807, 2.05) is 22.9 Å². The average molecular weight is 508 g/mol. The van der Waals surface area contributed by atoms with E-state index in [1.165, 1.54) is 22.8 Å². The van der Waals surface area contributed by atoms with Crippen LogP contribution in [0.4, 0.5) is 5.82 Å². The quantitative estimate of drug-likeness (QED) is 0.377. The number of nitrogens with one attached hydrogen (secondary N) is 1. The van der Waals surface area contributed by atoms with Gasteiger partial charge < -0.3 is 9.88 Å². The number of hydrogen-bond acceptors (Lipinski definition) is 4. The smallest absolute Gasteiger partial charge is 0.236 e. The Bertz CT molecular complexity index is 1370. The van der Waals surface area contributed by atoms with Crippen molar-refractivity contribution in [3.8, 4) is 16.9 Å². The van der Waals surface area contributed by atoms with Crippen molar-refractivity contribution in [1.29, 1.82) is 0 Å². The van der Waals surface area contributed by atoms with Crippen LogP contribution in [0, 0.1) is 0 Å². The Morgan fingerprint density at radius 2 is 2.03 bits per heavy atom. The first-order chi connectivity index (χ1) is 15.6. The van der Waals surface area contributed by atoms with Gasteiger partial charge in [-0.2, -0.15) is 5.10 Å². The molecule has 1 amide bonds. The van der Waals surface area contributed by atoms with Crippen LogP contribution >= 0.6 is 27.7 Å². The topological polar surface area (TPSA) is 64.2 Å². The molecule has 0 atom stereocenters. The van der Waals surface area contributed by atoms with Gasteiger partial charge in [0.05, 0.1) is 17.1 Å². The molecule has 1 aliphatic rings. The number of aliphatic imine (C=N–C) groups is 1. The number of hydrogen-bond donors (Lipinski definition) is 1. The SMILES string of the molecule is CCc1ccccc1-n1nc(-c2cn(CC)c3ccc(Br)cc23)cc1N=C1NC(=O)CS1. The number of thioether (sulfide) groups is 1. The molecule has 1 aliphatic heterocycles. The largest absolute Gasteiger partial charge is 0.347 e. The molecule has 1 saturated heterocycles. The van der Waals surface area contributed by atoms with Gasteiger partial charge in [0, 0.05) is 39.7 Å². The Labute approximate surface area is 198 Å². The number of para-hydroxylation sites is 1. The zero-order chi connectivity index (χ0) is 22.2. The molecule has 2 aromatic carbocycles. The first-order valence-corrected chi connectivity index (χ1v) is 12.3. The third-order valence-electron chi connectivity index (χ3n) is 5.55. The van der Waals surface area contributed by atoms with Gasteiger partial charge in [0.15, 0.2) is 11.0 Å². The number of aryl methyl sites for hydroxylation is 2. The second-order valence-electron chi connectivity index (χ2n) is 7.53. The number of rotatable bonds is 5. The summed E-state index contributed by atoms with van der Waals surface area (Å²) in [6, 6.07) is 16.5. The summed E-state index contributed by atoms with van der Waals surface area (Å²) in [6.45, 7) is 5.14. The standard InChI is InChI=1S/C24H22BrN5OS/c1-3-15-7-5-6-8-20(15)30-22(26-24-27-23(31)14-32-24)12-19(28-30)18-13-29(4-2)21-10-9-16(25)11-17(18)21/h5-13H,3-4,14H2,1-2H3,(H,26,27,31). The first-order valence-electron chi connectivity index (χ1n) is 10.6. The maximum atomic E-state index is 11.7. The summed E-state index contributed by atoms with van der Waals surface area (Å²) in [7, 11) is 0. The van der Waals surface area contributed by atoms with Crippen molar-refractivity contribution in [2.75, 3.05) is 5.75 Å². The van der Waals surface area contributed by atoms with E-state index in [2.05, 4.69) is 76.2 Å². The van der Waals surface area contributed by atoms with Gasteiger partial charge in [0.1, 0.15) is 0 Å². The molecule has 32 heavy (non-hydrogen) atoms. The van der Waals surface area contributed by atoms with Crippen molar-refractivity contribution in [2.24, 2.45) is 4.99 Å². The minimum atomic E-state index is -0.0233. The van der Waals surface area contributed by atoms with E-state index in [1.54, 1.807) is 0 Å². The third kappa shape index (κ3) is 3.78. The highest BCUT2D eigenvalue weighted by molar-refractivity contribution is 9.10. The number of nitrogens with zero attached hydrogens (tertiary/aromatic N) is 4. The highest BCUT2D eigenvalue weighted by Gasteiger charge is 2.21. The molecule has 0 aliphatic carbocycles. The minimum absolute atomic E-state index is 0.0233. The fourth-order valence-electron chi connectivity index (χ4n) is 4.00. The maximum absolute atomic E-state index is 11.7. The molecule has 0 spiro atoms. The molecule has 0 bridgehead atoms. The van der Waals surface area contributed by atoms with Crippen LogP contribution in [0.25, 0.3) is 27.8 Å². The van der Waals surface area contributed by atoms with Crippen molar-refractivity contribution >= 4 is 55.5 Å². The molecule has 8 heteroatoms. The lowest BCUT2D eigenvalue weighted by Gasteiger charge is -2.09. The van der Waals surface area contributed by atoms with Crippen LogP contribution in [0.2, 0.25) is 0 Å². The van der Waals surface area contributed by atoms with Gasteiger partial charge in [0.2, 0.25) is 5.91 Å².